The maximum atomic E-state index is 5.82. The fourth-order valence-corrected chi connectivity index (χ4v) is 1.73. The van der Waals surface area contributed by atoms with Crippen LogP contribution in [0.3, 0.4) is 0 Å². The van der Waals surface area contributed by atoms with Crippen LogP contribution in [-0.4, -0.2) is 12.7 Å². The summed E-state index contributed by atoms with van der Waals surface area (Å²) < 4.78 is 11.4. The average Bonchev–Trinajstić information content (AvgIpc) is 2.31. The van der Waals surface area contributed by atoms with Crippen molar-refractivity contribution in [1.29, 1.82) is 0 Å². The largest absolute Gasteiger partial charge is 0.348 e. The molecule has 2 unspecified atom stereocenters. The van der Waals surface area contributed by atoms with E-state index in [0.717, 1.165) is 25.0 Å². The van der Waals surface area contributed by atoms with Crippen molar-refractivity contribution in [3.05, 3.63) is 48.6 Å². The van der Waals surface area contributed by atoms with Crippen LogP contribution in [0.25, 0.3) is 0 Å². The third kappa shape index (κ3) is 2.67. The van der Waals surface area contributed by atoms with Crippen LogP contribution in [0.15, 0.2) is 43.0 Å². The first-order valence-electron chi connectivity index (χ1n) is 5.33. The standard InChI is InChI=1S/C13H16O2/c1-2-6-12-9-10-14-13(15-12)11-7-4-3-5-8-11/h2-5,7-8,12-13H,1,6,9-10H2. The van der Waals surface area contributed by atoms with Gasteiger partial charge in [0, 0.05) is 5.56 Å². The molecule has 2 nitrogen and oxygen atoms in total. The molecule has 15 heavy (non-hydrogen) atoms. The van der Waals surface area contributed by atoms with Gasteiger partial charge in [-0.15, -0.1) is 6.58 Å². The van der Waals surface area contributed by atoms with Crippen LogP contribution in [0, 0.1) is 0 Å². The van der Waals surface area contributed by atoms with Gasteiger partial charge < -0.3 is 9.47 Å². The zero-order valence-electron chi connectivity index (χ0n) is 8.76. The Balaban J connectivity index is 2.01. The van der Waals surface area contributed by atoms with E-state index in [1.54, 1.807) is 0 Å². The Labute approximate surface area is 90.5 Å². The molecule has 0 bridgehead atoms. The molecule has 1 aliphatic rings. The van der Waals surface area contributed by atoms with E-state index in [9.17, 15) is 0 Å². The summed E-state index contributed by atoms with van der Waals surface area (Å²) in [6, 6.07) is 10.0. The van der Waals surface area contributed by atoms with Gasteiger partial charge in [0.2, 0.25) is 0 Å². The second kappa shape index (κ2) is 5.10. The smallest absolute Gasteiger partial charge is 0.184 e. The van der Waals surface area contributed by atoms with E-state index in [2.05, 4.69) is 6.58 Å². The number of ether oxygens (including phenoxy) is 2. The minimum absolute atomic E-state index is 0.204. The van der Waals surface area contributed by atoms with Gasteiger partial charge in [0.25, 0.3) is 0 Å². The lowest BCUT2D eigenvalue weighted by Gasteiger charge is -2.29. The van der Waals surface area contributed by atoms with Gasteiger partial charge in [-0.25, -0.2) is 0 Å². The summed E-state index contributed by atoms with van der Waals surface area (Å²) in [6.45, 7) is 4.49. The predicted octanol–water partition coefficient (Wildman–Crippen LogP) is 3.07. The van der Waals surface area contributed by atoms with Gasteiger partial charge >= 0.3 is 0 Å². The Morgan fingerprint density at radius 3 is 2.87 bits per heavy atom. The van der Waals surface area contributed by atoms with E-state index < -0.39 is 0 Å². The lowest BCUT2D eigenvalue weighted by Crippen LogP contribution is -2.26. The summed E-state index contributed by atoms with van der Waals surface area (Å²) in [5.41, 5.74) is 1.09. The second-order valence-electron chi connectivity index (χ2n) is 3.68. The molecule has 1 fully saturated rings. The summed E-state index contributed by atoms with van der Waals surface area (Å²) in [5, 5.41) is 0. The highest BCUT2D eigenvalue weighted by Gasteiger charge is 2.22. The van der Waals surface area contributed by atoms with Gasteiger partial charge in [0.1, 0.15) is 0 Å². The maximum absolute atomic E-state index is 5.82. The van der Waals surface area contributed by atoms with Gasteiger partial charge in [-0.2, -0.15) is 0 Å². The minimum atomic E-state index is -0.204. The number of rotatable bonds is 3. The van der Waals surface area contributed by atoms with Crippen LogP contribution in [0.2, 0.25) is 0 Å². The summed E-state index contributed by atoms with van der Waals surface area (Å²) in [4.78, 5) is 0. The van der Waals surface area contributed by atoms with E-state index in [1.165, 1.54) is 0 Å². The van der Waals surface area contributed by atoms with Gasteiger partial charge in [-0.3, -0.25) is 0 Å². The van der Waals surface area contributed by atoms with Crippen molar-refractivity contribution in [1.82, 2.24) is 0 Å². The quantitative estimate of drug-likeness (QED) is 0.704. The Kier molecular flexibility index (Phi) is 3.54. The van der Waals surface area contributed by atoms with E-state index >= 15 is 0 Å². The molecule has 1 aromatic carbocycles. The van der Waals surface area contributed by atoms with Crippen molar-refractivity contribution in [2.45, 2.75) is 25.2 Å². The molecule has 0 aromatic heterocycles. The van der Waals surface area contributed by atoms with Gasteiger partial charge in [-0.1, -0.05) is 36.4 Å². The lowest BCUT2D eigenvalue weighted by atomic mass is 10.1. The van der Waals surface area contributed by atoms with E-state index in [1.807, 2.05) is 36.4 Å². The third-order valence-corrected chi connectivity index (χ3v) is 2.53. The van der Waals surface area contributed by atoms with Gasteiger partial charge in [0.05, 0.1) is 12.7 Å². The monoisotopic (exact) mass is 204 g/mol. The molecule has 2 heteroatoms. The molecular weight excluding hydrogens is 188 g/mol. The molecule has 1 aromatic rings. The van der Waals surface area contributed by atoms with E-state index in [0.29, 0.717) is 0 Å². The van der Waals surface area contributed by atoms with Crippen LogP contribution < -0.4 is 0 Å². The second-order valence-corrected chi connectivity index (χ2v) is 3.68. The first-order valence-corrected chi connectivity index (χ1v) is 5.33. The van der Waals surface area contributed by atoms with Crippen molar-refractivity contribution < 1.29 is 9.47 Å². The first kappa shape index (κ1) is 10.4. The molecule has 2 atom stereocenters. The molecular formula is C13H16O2. The number of hydrogen-bond donors (Lipinski definition) is 0. The van der Waals surface area contributed by atoms with Crippen LogP contribution in [0.1, 0.15) is 24.7 Å². The van der Waals surface area contributed by atoms with Crippen molar-refractivity contribution >= 4 is 0 Å². The molecule has 1 aliphatic heterocycles. The summed E-state index contributed by atoms with van der Waals surface area (Å²) in [7, 11) is 0. The van der Waals surface area contributed by atoms with Crippen LogP contribution >= 0.6 is 0 Å². The third-order valence-electron chi connectivity index (χ3n) is 2.53. The molecule has 0 aliphatic carbocycles. The molecule has 0 N–H and O–H groups in total. The highest BCUT2D eigenvalue weighted by atomic mass is 16.7. The number of benzene rings is 1. The van der Waals surface area contributed by atoms with Crippen molar-refractivity contribution in [3.63, 3.8) is 0 Å². The minimum Gasteiger partial charge on any atom is -0.348 e. The van der Waals surface area contributed by atoms with Crippen molar-refractivity contribution in [2.24, 2.45) is 0 Å². The Bertz CT molecular complexity index is 308. The molecule has 1 heterocycles. The molecule has 0 radical (unpaired) electrons. The van der Waals surface area contributed by atoms with Gasteiger partial charge in [0.15, 0.2) is 6.29 Å². The molecule has 80 valence electrons. The van der Waals surface area contributed by atoms with E-state index in [4.69, 9.17) is 9.47 Å². The molecule has 0 saturated carbocycles. The fourth-order valence-electron chi connectivity index (χ4n) is 1.73. The lowest BCUT2D eigenvalue weighted by molar-refractivity contribution is -0.216. The highest BCUT2D eigenvalue weighted by molar-refractivity contribution is 5.16. The van der Waals surface area contributed by atoms with Crippen LogP contribution in [0.4, 0.5) is 0 Å². The van der Waals surface area contributed by atoms with Crippen LogP contribution in [0.5, 0.6) is 0 Å². The first-order chi connectivity index (χ1) is 7.40. The molecule has 1 saturated heterocycles. The normalized spacial score (nSPS) is 26.1. The predicted molar refractivity (Wildman–Crippen MR) is 59.4 cm³/mol. The maximum Gasteiger partial charge on any atom is 0.184 e. The van der Waals surface area contributed by atoms with Crippen LogP contribution in [-0.2, 0) is 9.47 Å². The topological polar surface area (TPSA) is 18.5 Å². The summed E-state index contributed by atoms with van der Waals surface area (Å²) >= 11 is 0. The average molecular weight is 204 g/mol. The highest BCUT2D eigenvalue weighted by Crippen LogP contribution is 2.27. The van der Waals surface area contributed by atoms with Crippen molar-refractivity contribution in [2.75, 3.05) is 6.61 Å². The Morgan fingerprint density at radius 2 is 2.13 bits per heavy atom. The van der Waals surface area contributed by atoms with Gasteiger partial charge in [-0.05, 0) is 12.8 Å². The molecule has 2 rings (SSSR count). The Hall–Kier alpha value is -1.12. The SMILES string of the molecule is C=CCC1CCOC(c2ccccc2)O1. The summed E-state index contributed by atoms with van der Waals surface area (Å²) in [5.74, 6) is 0. The Morgan fingerprint density at radius 1 is 1.33 bits per heavy atom. The zero-order chi connectivity index (χ0) is 10.5. The zero-order valence-corrected chi connectivity index (χ0v) is 8.76. The fraction of sp³-hybridized carbons (Fsp3) is 0.385. The molecule has 0 spiro atoms. The molecule has 0 amide bonds. The summed E-state index contributed by atoms with van der Waals surface area (Å²) in [6.07, 6.45) is 3.80. The van der Waals surface area contributed by atoms with E-state index in [-0.39, 0.29) is 12.4 Å². The van der Waals surface area contributed by atoms with Crippen molar-refractivity contribution in [3.8, 4) is 0 Å². The number of hydrogen-bond acceptors (Lipinski definition) is 2.